The standard InChI is InChI=1S/C17H21F2N3OS/c1-11-5-4-6-12(9-11)20-15(23)10-22-14-8-3-2-7-13(14)21-17(22)24-16(18)19/h2-3,7-8,11-12,16H,4-6,9-10H2,1H3,(H,20,23). The summed E-state index contributed by atoms with van der Waals surface area (Å²) < 4.78 is 27.2. The molecule has 1 amide bonds. The molecule has 2 aromatic rings. The highest BCUT2D eigenvalue weighted by Crippen LogP contribution is 2.28. The fraction of sp³-hybridized carbons (Fsp3) is 0.529. The lowest BCUT2D eigenvalue weighted by Gasteiger charge is -2.27. The molecule has 0 bridgehead atoms. The van der Waals surface area contributed by atoms with Gasteiger partial charge in [-0.15, -0.1) is 0 Å². The largest absolute Gasteiger partial charge is 0.352 e. The van der Waals surface area contributed by atoms with Gasteiger partial charge in [0.25, 0.3) is 5.76 Å². The Morgan fingerprint density at radius 2 is 2.21 bits per heavy atom. The van der Waals surface area contributed by atoms with Crippen LogP contribution in [0.5, 0.6) is 0 Å². The Morgan fingerprint density at radius 1 is 1.42 bits per heavy atom. The van der Waals surface area contributed by atoms with Crippen molar-refractivity contribution < 1.29 is 13.6 Å². The van der Waals surface area contributed by atoms with E-state index in [9.17, 15) is 13.6 Å². The first-order valence-electron chi connectivity index (χ1n) is 8.22. The predicted octanol–water partition coefficient (Wildman–Crippen LogP) is 4.05. The summed E-state index contributed by atoms with van der Waals surface area (Å²) in [6.07, 6.45) is 4.29. The molecule has 1 fully saturated rings. The van der Waals surface area contributed by atoms with Crippen LogP contribution in [0, 0.1) is 5.92 Å². The number of para-hydroxylation sites is 2. The van der Waals surface area contributed by atoms with E-state index in [1.54, 1.807) is 22.8 Å². The topological polar surface area (TPSA) is 46.9 Å². The molecule has 1 N–H and O–H groups in total. The van der Waals surface area contributed by atoms with Crippen LogP contribution in [0.4, 0.5) is 8.78 Å². The highest BCUT2D eigenvalue weighted by molar-refractivity contribution is 7.99. The van der Waals surface area contributed by atoms with Gasteiger partial charge < -0.3 is 9.88 Å². The summed E-state index contributed by atoms with van der Waals surface area (Å²) in [6.45, 7) is 2.21. The molecule has 3 rings (SSSR count). The number of benzene rings is 1. The van der Waals surface area contributed by atoms with Crippen LogP contribution in [0.15, 0.2) is 29.4 Å². The van der Waals surface area contributed by atoms with Crippen LogP contribution in [-0.4, -0.2) is 27.3 Å². The summed E-state index contributed by atoms with van der Waals surface area (Å²) in [7, 11) is 0. The smallest absolute Gasteiger partial charge is 0.291 e. The normalized spacial score (nSPS) is 21.3. The fourth-order valence-corrected chi connectivity index (χ4v) is 3.96. The first kappa shape index (κ1) is 17.2. The van der Waals surface area contributed by atoms with Gasteiger partial charge in [0.1, 0.15) is 6.54 Å². The number of nitrogens with one attached hydrogen (secondary N) is 1. The molecule has 130 valence electrons. The molecule has 0 radical (unpaired) electrons. The van der Waals surface area contributed by atoms with E-state index >= 15 is 0 Å². The second kappa shape index (κ2) is 7.51. The van der Waals surface area contributed by atoms with Crippen LogP contribution in [-0.2, 0) is 11.3 Å². The molecule has 1 aliphatic rings. The van der Waals surface area contributed by atoms with Gasteiger partial charge in [-0.1, -0.05) is 31.9 Å². The lowest BCUT2D eigenvalue weighted by Crippen LogP contribution is -2.39. The molecular weight excluding hydrogens is 332 g/mol. The maximum Gasteiger partial charge on any atom is 0.291 e. The quantitative estimate of drug-likeness (QED) is 0.825. The van der Waals surface area contributed by atoms with Crippen LogP contribution in [0.3, 0.4) is 0 Å². The number of hydrogen-bond donors (Lipinski definition) is 1. The van der Waals surface area contributed by atoms with E-state index < -0.39 is 5.76 Å². The minimum atomic E-state index is -2.57. The number of aromatic nitrogens is 2. The van der Waals surface area contributed by atoms with E-state index in [1.807, 2.05) is 6.07 Å². The van der Waals surface area contributed by atoms with Crippen molar-refractivity contribution in [1.29, 1.82) is 0 Å². The molecule has 7 heteroatoms. The van der Waals surface area contributed by atoms with Crippen molar-refractivity contribution in [3.05, 3.63) is 24.3 Å². The number of fused-ring (bicyclic) bond motifs is 1. The average molecular weight is 353 g/mol. The second-order valence-electron chi connectivity index (χ2n) is 6.38. The molecule has 1 aliphatic carbocycles. The third-order valence-electron chi connectivity index (χ3n) is 4.42. The summed E-state index contributed by atoms with van der Waals surface area (Å²) >= 11 is 0.378. The van der Waals surface area contributed by atoms with Crippen LogP contribution < -0.4 is 5.32 Å². The van der Waals surface area contributed by atoms with Crippen LogP contribution in [0.1, 0.15) is 32.6 Å². The first-order chi connectivity index (χ1) is 11.5. The number of rotatable bonds is 5. The lowest BCUT2D eigenvalue weighted by atomic mass is 9.87. The van der Waals surface area contributed by atoms with Crippen molar-refractivity contribution in [3.63, 3.8) is 0 Å². The number of alkyl halides is 2. The zero-order valence-corrected chi connectivity index (χ0v) is 14.4. The van der Waals surface area contributed by atoms with E-state index in [2.05, 4.69) is 17.2 Å². The van der Waals surface area contributed by atoms with Crippen LogP contribution in [0.25, 0.3) is 11.0 Å². The summed E-state index contributed by atoms with van der Waals surface area (Å²) in [6, 6.07) is 7.37. The third kappa shape index (κ3) is 4.06. The van der Waals surface area contributed by atoms with Crippen molar-refractivity contribution in [2.24, 2.45) is 5.92 Å². The molecule has 1 aromatic heterocycles. The zero-order valence-electron chi connectivity index (χ0n) is 13.5. The molecular formula is C17H21F2N3OS. The lowest BCUT2D eigenvalue weighted by molar-refractivity contribution is -0.122. The van der Waals surface area contributed by atoms with E-state index in [4.69, 9.17) is 0 Å². The van der Waals surface area contributed by atoms with Gasteiger partial charge in [0.05, 0.1) is 11.0 Å². The molecule has 1 saturated carbocycles. The summed E-state index contributed by atoms with van der Waals surface area (Å²) in [4.78, 5) is 16.6. The number of hydrogen-bond acceptors (Lipinski definition) is 3. The molecule has 0 spiro atoms. The van der Waals surface area contributed by atoms with Gasteiger partial charge in [-0.3, -0.25) is 4.79 Å². The van der Waals surface area contributed by atoms with Crippen LogP contribution >= 0.6 is 11.8 Å². The van der Waals surface area contributed by atoms with Crippen molar-refractivity contribution >= 4 is 28.7 Å². The van der Waals surface area contributed by atoms with Gasteiger partial charge in [-0.2, -0.15) is 8.78 Å². The van der Waals surface area contributed by atoms with Crippen LogP contribution in [0.2, 0.25) is 0 Å². The maximum atomic E-state index is 12.8. The molecule has 1 heterocycles. The number of nitrogens with zero attached hydrogens (tertiary/aromatic N) is 2. The molecule has 24 heavy (non-hydrogen) atoms. The number of thioether (sulfide) groups is 1. The van der Waals surface area contributed by atoms with Crippen molar-refractivity contribution in [1.82, 2.24) is 14.9 Å². The fourth-order valence-electron chi connectivity index (χ4n) is 3.36. The predicted molar refractivity (Wildman–Crippen MR) is 91.2 cm³/mol. The number of halogens is 2. The van der Waals surface area contributed by atoms with Gasteiger partial charge >= 0.3 is 0 Å². The van der Waals surface area contributed by atoms with Crippen molar-refractivity contribution in [2.75, 3.05) is 0 Å². The summed E-state index contributed by atoms with van der Waals surface area (Å²) in [5, 5.41) is 3.23. The first-order valence-corrected chi connectivity index (χ1v) is 9.10. The maximum absolute atomic E-state index is 12.8. The number of carbonyl (C=O) groups is 1. The Bertz CT molecular complexity index is 719. The van der Waals surface area contributed by atoms with Crippen molar-refractivity contribution in [2.45, 2.75) is 56.1 Å². The molecule has 0 saturated heterocycles. The molecule has 0 aliphatic heterocycles. The SMILES string of the molecule is CC1CCCC(NC(=O)Cn2c(SC(F)F)nc3ccccc32)C1. The molecule has 2 unspecified atom stereocenters. The van der Waals surface area contributed by atoms with Gasteiger partial charge in [-0.25, -0.2) is 4.98 Å². The Balaban J connectivity index is 1.76. The van der Waals surface area contributed by atoms with Gasteiger partial charge in [0.15, 0.2) is 5.16 Å². The summed E-state index contributed by atoms with van der Waals surface area (Å²) in [5.74, 6) is -2.10. The van der Waals surface area contributed by atoms with E-state index in [-0.39, 0.29) is 23.7 Å². The van der Waals surface area contributed by atoms with E-state index in [0.717, 1.165) is 19.3 Å². The Morgan fingerprint density at radius 3 is 2.96 bits per heavy atom. The average Bonchev–Trinajstić information content (AvgIpc) is 2.84. The molecule has 2 atom stereocenters. The minimum Gasteiger partial charge on any atom is -0.352 e. The Kier molecular flexibility index (Phi) is 5.38. The molecule has 1 aromatic carbocycles. The Labute approximate surface area is 144 Å². The number of amides is 1. The van der Waals surface area contributed by atoms with E-state index in [0.29, 0.717) is 28.7 Å². The van der Waals surface area contributed by atoms with Gasteiger partial charge in [-0.05, 0) is 42.7 Å². The zero-order chi connectivity index (χ0) is 17.1. The molecule has 4 nitrogen and oxygen atoms in total. The highest BCUT2D eigenvalue weighted by atomic mass is 32.2. The van der Waals surface area contributed by atoms with E-state index in [1.165, 1.54) is 6.42 Å². The monoisotopic (exact) mass is 353 g/mol. The van der Waals surface area contributed by atoms with Gasteiger partial charge in [0.2, 0.25) is 5.91 Å². The number of carbonyl (C=O) groups excluding carboxylic acids is 1. The second-order valence-corrected chi connectivity index (χ2v) is 7.34. The minimum absolute atomic E-state index is 0.0143. The Hall–Kier alpha value is -1.63. The summed E-state index contributed by atoms with van der Waals surface area (Å²) in [5.41, 5.74) is 1.33. The van der Waals surface area contributed by atoms with Crippen molar-refractivity contribution in [3.8, 4) is 0 Å². The highest BCUT2D eigenvalue weighted by Gasteiger charge is 2.22. The third-order valence-corrected chi connectivity index (χ3v) is 5.12. The number of imidazole rings is 1. The van der Waals surface area contributed by atoms with Gasteiger partial charge in [0, 0.05) is 6.04 Å².